The molecule has 0 heterocycles. The van der Waals surface area contributed by atoms with E-state index < -0.39 is 0 Å². The van der Waals surface area contributed by atoms with Gasteiger partial charge in [0.05, 0.1) is 0 Å². The van der Waals surface area contributed by atoms with Gasteiger partial charge in [0.2, 0.25) is 0 Å². The molecular weight excluding hydrogens is 176 g/mol. The first-order valence-corrected chi connectivity index (χ1v) is 4.09. The SMILES string of the molecule is C=CCC(Br)C/C=C/C. The van der Waals surface area contributed by atoms with E-state index in [9.17, 15) is 0 Å². The molecule has 0 nitrogen and oxygen atoms in total. The molecule has 0 aliphatic carbocycles. The first-order valence-electron chi connectivity index (χ1n) is 3.17. The van der Waals surface area contributed by atoms with Gasteiger partial charge in [-0.2, -0.15) is 0 Å². The van der Waals surface area contributed by atoms with Crippen molar-refractivity contribution >= 4 is 15.9 Å². The van der Waals surface area contributed by atoms with Gasteiger partial charge < -0.3 is 0 Å². The molecule has 0 aromatic heterocycles. The van der Waals surface area contributed by atoms with Crippen LogP contribution in [0.3, 0.4) is 0 Å². The van der Waals surface area contributed by atoms with Crippen molar-refractivity contribution in [3.05, 3.63) is 24.8 Å². The van der Waals surface area contributed by atoms with Crippen molar-refractivity contribution in [2.45, 2.75) is 24.6 Å². The van der Waals surface area contributed by atoms with Crippen LogP contribution in [-0.4, -0.2) is 4.83 Å². The van der Waals surface area contributed by atoms with Gasteiger partial charge in [0.1, 0.15) is 0 Å². The quantitative estimate of drug-likeness (QED) is 0.470. The monoisotopic (exact) mass is 188 g/mol. The first kappa shape index (κ1) is 8.96. The van der Waals surface area contributed by atoms with Crippen LogP contribution in [0.1, 0.15) is 19.8 Å². The third-order valence-electron chi connectivity index (χ3n) is 1.05. The minimum absolute atomic E-state index is 0.575. The topological polar surface area (TPSA) is 0 Å². The van der Waals surface area contributed by atoms with Gasteiger partial charge in [-0.15, -0.1) is 6.58 Å². The molecule has 52 valence electrons. The van der Waals surface area contributed by atoms with Crippen molar-refractivity contribution in [3.63, 3.8) is 0 Å². The number of alkyl halides is 1. The Bertz CT molecular complexity index is 94.7. The summed E-state index contributed by atoms with van der Waals surface area (Å²) in [5.41, 5.74) is 0. The van der Waals surface area contributed by atoms with E-state index in [1.165, 1.54) is 0 Å². The first-order chi connectivity index (χ1) is 4.31. The van der Waals surface area contributed by atoms with E-state index in [4.69, 9.17) is 0 Å². The van der Waals surface area contributed by atoms with Crippen LogP contribution in [0.4, 0.5) is 0 Å². The molecule has 0 saturated heterocycles. The third kappa shape index (κ3) is 5.84. The second-order valence-electron chi connectivity index (χ2n) is 1.93. The lowest BCUT2D eigenvalue weighted by molar-refractivity contribution is 0.908. The lowest BCUT2D eigenvalue weighted by Gasteiger charge is -1.99. The van der Waals surface area contributed by atoms with Crippen LogP contribution in [0.2, 0.25) is 0 Å². The Kier molecular flexibility index (Phi) is 6.06. The molecule has 9 heavy (non-hydrogen) atoms. The van der Waals surface area contributed by atoms with Crippen LogP contribution in [0.5, 0.6) is 0 Å². The molecule has 0 bridgehead atoms. The van der Waals surface area contributed by atoms with Crippen LogP contribution < -0.4 is 0 Å². The number of halogens is 1. The fraction of sp³-hybridized carbons (Fsp3) is 0.500. The van der Waals surface area contributed by atoms with Gasteiger partial charge in [-0.1, -0.05) is 34.2 Å². The average molecular weight is 189 g/mol. The second-order valence-corrected chi connectivity index (χ2v) is 3.22. The van der Waals surface area contributed by atoms with E-state index >= 15 is 0 Å². The molecule has 1 atom stereocenters. The maximum atomic E-state index is 3.65. The summed E-state index contributed by atoms with van der Waals surface area (Å²) in [6, 6.07) is 0. The summed E-state index contributed by atoms with van der Waals surface area (Å²) in [6.45, 7) is 5.69. The summed E-state index contributed by atoms with van der Waals surface area (Å²) in [4.78, 5) is 0.575. The largest absolute Gasteiger partial charge is 0.103 e. The van der Waals surface area contributed by atoms with Crippen molar-refractivity contribution in [2.75, 3.05) is 0 Å². The molecule has 0 N–H and O–H groups in total. The summed E-state index contributed by atoms with van der Waals surface area (Å²) in [6.07, 6.45) is 8.30. The van der Waals surface area contributed by atoms with Crippen LogP contribution in [0.15, 0.2) is 24.8 Å². The zero-order valence-corrected chi connectivity index (χ0v) is 7.39. The highest BCUT2D eigenvalue weighted by Gasteiger charge is 1.95. The van der Waals surface area contributed by atoms with Gasteiger partial charge in [0.25, 0.3) is 0 Å². The fourth-order valence-electron chi connectivity index (χ4n) is 0.561. The predicted molar refractivity (Wildman–Crippen MR) is 47.0 cm³/mol. The highest BCUT2D eigenvalue weighted by molar-refractivity contribution is 9.09. The Morgan fingerprint density at radius 1 is 1.56 bits per heavy atom. The van der Waals surface area contributed by atoms with E-state index in [0.29, 0.717) is 4.83 Å². The second kappa shape index (κ2) is 6.09. The van der Waals surface area contributed by atoms with E-state index in [-0.39, 0.29) is 0 Å². The van der Waals surface area contributed by atoms with E-state index in [1.54, 1.807) is 0 Å². The molecule has 0 rings (SSSR count). The van der Waals surface area contributed by atoms with Crippen LogP contribution in [0, 0.1) is 0 Å². The molecule has 0 aromatic carbocycles. The van der Waals surface area contributed by atoms with E-state index in [2.05, 4.69) is 34.7 Å². The number of hydrogen-bond acceptors (Lipinski definition) is 0. The van der Waals surface area contributed by atoms with Crippen molar-refractivity contribution in [1.29, 1.82) is 0 Å². The lowest BCUT2D eigenvalue weighted by Crippen LogP contribution is -1.91. The Hall–Kier alpha value is -0.0400. The molecular formula is C8H13Br. The van der Waals surface area contributed by atoms with Gasteiger partial charge in [-0.25, -0.2) is 0 Å². The highest BCUT2D eigenvalue weighted by atomic mass is 79.9. The number of allylic oxidation sites excluding steroid dienone is 3. The van der Waals surface area contributed by atoms with Crippen molar-refractivity contribution < 1.29 is 0 Å². The van der Waals surface area contributed by atoms with Crippen LogP contribution in [-0.2, 0) is 0 Å². The third-order valence-corrected chi connectivity index (χ3v) is 1.80. The summed E-state index contributed by atoms with van der Waals surface area (Å²) < 4.78 is 0. The molecule has 0 fully saturated rings. The molecule has 0 aromatic rings. The summed E-state index contributed by atoms with van der Waals surface area (Å²) in [7, 11) is 0. The minimum Gasteiger partial charge on any atom is -0.103 e. The van der Waals surface area contributed by atoms with Gasteiger partial charge >= 0.3 is 0 Å². The van der Waals surface area contributed by atoms with Crippen molar-refractivity contribution in [1.82, 2.24) is 0 Å². The molecule has 1 unspecified atom stereocenters. The predicted octanol–water partition coefficient (Wildman–Crippen LogP) is 3.29. The van der Waals surface area contributed by atoms with Gasteiger partial charge in [0, 0.05) is 4.83 Å². The molecule has 0 amide bonds. The van der Waals surface area contributed by atoms with Gasteiger partial charge in [0.15, 0.2) is 0 Å². The van der Waals surface area contributed by atoms with Crippen LogP contribution in [0.25, 0.3) is 0 Å². The molecule has 0 radical (unpaired) electrons. The highest BCUT2D eigenvalue weighted by Crippen LogP contribution is 2.10. The maximum absolute atomic E-state index is 3.65. The Balaban J connectivity index is 3.25. The van der Waals surface area contributed by atoms with Crippen molar-refractivity contribution in [2.24, 2.45) is 0 Å². The van der Waals surface area contributed by atoms with Crippen LogP contribution >= 0.6 is 15.9 Å². The standard InChI is InChI=1S/C8H13Br/c1-3-5-7-8(9)6-4-2/h3-5,8H,2,6-7H2,1H3/b5-3+. The number of hydrogen-bond donors (Lipinski definition) is 0. The average Bonchev–Trinajstić information content (AvgIpc) is 1.85. The van der Waals surface area contributed by atoms with Gasteiger partial charge in [-0.05, 0) is 19.8 Å². The number of rotatable bonds is 4. The summed E-state index contributed by atoms with van der Waals surface area (Å²) in [5, 5.41) is 0. The minimum atomic E-state index is 0.575. The summed E-state index contributed by atoms with van der Waals surface area (Å²) in [5.74, 6) is 0. The maximum Gasteiger partial charge on any atom is 0.0214 e. The lowest BCUT2D eigenvalue weighted by atomic mass is 10.2. The smallest absolute Gasteiger partial charge is 0.0214 e. The van der Waals surface area contributed by atoms with E-state index in [1.807, 2.05) is 13.0 Å². The van der Waals surface area contributed by atoms with Gasteiger partial charge in [-0.3, -0.25) is 0 Å². The Labute approximate surface area is 65.8 Å². The zero-order chi connectivity index (χ0) is 7.11. The molecule has 0 spiro atoms. The molecule has 1 heteroatoms. The summed E-state index contributed by atoms with van der Waals surface area (Å²) >= 11 is 3.52. The van der Waals surface area contributed by atoms with E-state index in [0.717, 1.165) is 12.8 Å². The fourth-order valence-corrected chi connectivity index (χ4v) is 1.04. The molecule has 0 aliphatic heterocycles. The molecule has 0 aliphatic rings. The Morgan fingerprint density at radius 3 is 2.67 bits per heavy atom. The van der Waals surface area contributed by atoms with Crippen molar-refractivity contribution in [3.8, 4) is 0 Å². The zero-order valence-electron chi connectivity index (χ0n) is 5.81. The normalized spacial score (nSPS) is 14.0. The Morgan fingerprint density at radius 2 is 2.22 bits per heavy atom. The molecule has 0 saturated carbocycles.